The molecule has 0 N–H and O–H groups in total. The average Bonchev–Trinajstić information content (AvgIpc) is 2.89. The molecule has 0 spiro atoms. The van der Waals surface area contributed by atoms with Crippen molar-refractivity contribution in [2.75, 3.05) is 25.6 Å². The van der Waals surface area contributed by atoms with Crippen LogP contribution in [0.1, 0.15) is 23.1 Å². The molecule has 0 radical (unpaired) electrons. The van der Waals surface area contributed by atoms with Gasteiger partial charge in [0.2, 0.25) is 0 Å². The number of benzene rings is 3. The Labute approximate surface area is 208 Å². The maximum Gasteiger partial charge on any atom is 0.137 e. The maximum atomic E-state index is 12.4. The van der Waals surface area contributed by atoms with Crippen LogP contribution in [0.4, 0.5) is 5.69 Å². The van der Waals surface area contributed by atoms with Gasteiger partial charge in [-0.25, -0.2) is 0 Å². The van der Waals surface area contributed by atoms with Gasteiger partial charge in [-0.3, -0.25) is 9.78 Å². The number of aromatic nitrogens is 1. The van der Waals surface area contributed by atoms with E-state index in [4.69, 9.17) is 4.74 Å². The molecule has 0 aliphatic carbocycles. The monoisotopic (exact) mass is 464 g/mol. The molecule has 4 rings (SSSR count). The van der Waals surface area contributed by atoms with Crippen LogP contribution in [0.5, 0.6) is 5.75 Å². The van der Waals surface area contributed by atoms with Crippen molar-refractivity contribution in [3.63, 3.8) is 0 Å². The number of hydrogen-bond acceptors (Lipinski definition) is 4. The molecule has 4 aromatic rings. The molecule has 0 atom stereocenters. The van der Waals surface area contributed by atoms with Crippen molar-refractivity contribution in [2.45, 2.75) is 25.7 Å². The van der Waals surface area contributed by atoms with E-state index in [-0.39, 0.29) is 5.78 Å². The predicted octanol–water partition coefficient (Wildman–Crippen LogP) is 6.18. The van der Waals surface area contributed by atoms with Gasteiger partial charge >= 0.3 is 0 Å². The second kappa shape index (κ2) is 12.0. The lowest BCUT2D eigenvalue weighted by Gasteiger charge is -2.15. The first-order valence-corrected chi connectivity index (χ1v) is 12.1. The Bertz CT molecular complexity index is 1230. The highest BCUT2D eigenvalue weighted by Crippen LogP contribution is 2.27. The molecule has 0 unspecified atom stereocenters. The Hall–Kier alpha value is -3.92. The fourth-order valence-corrected chi connectivity index (χ4v) is 4.10. The van der Waals surface area contributed by atoms with Crippen molar-refractivity contribution >= 4 is 11.5 Å². The van der Waals surface area contributed by atoms with E-state index in [0.29, 0.717) is 19.4 Å². The van der Waals surface area contributed by atoms with Gasteiger partial charge in [0.05, 0.1) is 6.61 Å². The zero-order chi connectivity index (χ0) is 24.5. The molecular formula is C31H32N2O2. The van der Waals surface area contributed by atoms with Crippen LogP contribution in [0, 0.1) is 0 Å². The molecule has 178 valence electrons. The third-order valence-electron chi connectivity index (χ3n) is 6.07. The minimum absolute atomic E-state index is 0.234. The van der Waals surface area contributed by atoms with Gasteiger partial charge in [0.25, 0.3) is 0 Å². The van der Waals surface area contributed by atoms with Crippen LogP contribution in [-0.2, 0) is 24.1 Å². The molecule has 0 saturated carbocycles. The van der Waals surface area contributed by atoms with Crippen LogP contribution in [0.15, 0.2) is 97.3 Å². The second-order valence-corrected chi connectivity index (χ2v) is 8.92. The number of pyridine rings is 1. The van der Waals surface area contributed by atoms with Crippen molar-refractivity contribution in [1.29, 1.82) is 0 Å². The number of anilines is 1. The SMILES string of the molecule is CN(C)c1cccc(-c2ccccc2CCOc2ccc(CC(=O)CCc3cccnc3)cc2)c1. The Balaban J connectivity index is 1.29. The van der Waals surface area contributed by atoms with Gasteiger partial charge in [-0.2, -0.15) is 0 Å². The molecule has 0 aliphatic heterocycles. The zero-order valence-corrected chi connectivity index (χ0v) is 20.5. The molecule has 1 aromatic heterocycles. The summed E-state index contributed by atoms with van der Waals surface area (Å²) in [4.78, 5) is 18.6. The summed E-state index contributed by atoms with van der Waals surface area (Å²) in [5.74, 6) is 1.06. The standard InChI is InChI=1S/C31H32N2O2/c1-33(2)28-10-5-9-27(22-28)31-11-4-3-8-26(31)18-20-35-30-16-13-24(14-17-30)21-29(34)15-12-25-7-6-19-32-23-25/h3-11,13-14,16-17,19,22-23H,12,15,18,20-21H2,1-2H3. The lowest BCUT2D eigenvalue weighted by molar-refractivity contribution is -0.118. The molecule has 0 aliphatic rings. The van der Waals surface area contributed by atoms with Crippen LogP contribution in [0.3, 0.4) is 0 Å². The van der Waals surface area contributed by atoms with E-state index < -0.39 is 0 Å². The smallest absolute Gasteiger partial charge is 0.137 e. The summed E-state index contributed by atoms with van der Waals surface area (Å²) in [5, 5.41) is 0. The molecule has 4 heteroatoms. The fourth-order valence-electron chi connectivity index (χ4n) is 4.10. The van der Waals surface area contributed by atoms with E-state index in [0.717, 1.165) is 29.7 Å². The van der Waals surface area contributed by atoms with Gasteiger partial charge in [0, 0.05) is 51.4 Å². The number of ketones is 1. The Morgan fingerprint density at radius 1 is 0.857 bits per heavy atom. The third kappa shape index (κ3) is 7.03. The van der Waals surface area contributed by atoms with E-state index >= 15 is 0 Å². The lowest BCUT2D eigenvalue weighted by atomic mass is 9.97. The Morgan fingerprint density at radius 3 is 2.46 bits per heavy atom. The summed E-state index contributed by atoms with van der Waals surface area (Å²) in [6.07, 6.45) is 6.09. The van der Waals surface area contributed by atoms with Crippen LogP contribution >= 0.6 is 0 Å². The van der Waals surface area contributed by atoms with Gasteiger partial charge < -0.3 is 9.64 Å². The van der Waals surface area contributed by atoms with Crippen LogP contribution in [-0.4, -0.2) is 31.5 Å². The van der Waals surface area contributed by atoms with E-state index in [1.54, 1.807) is 6.20 Å². The molecule has 0 saturated heterocycles. The second-order valence-electron chi connectivity index (χ2n) is 8.92. The van der Waals surface area contributed by atoms with Crippen LogP contribution < -0.4 is 9.64 Å². The fraction of sp³-hybridized carbons (Fsp3) is 0.226. The molecule has 0 bridgehead atoms. The van der Waals surface area contributed by atoms with Gasteiger partial charge in [-0.15, -0.1) is 0 Å². The zero-order valence-electron chi connectivity index (χ0n) is 20.5. The molecule has 1 heterocycles. The summed E-state index contributed by atoms with van der Waals surface area (Å²) in [5.41, 5.74) is 7.00. The molecular weight excluding hydrogens is 432 g/mol. The number of hydrogen-bond donors (Lipinski definition) is 0. The van der Waals surface area contributed by atoms with Crippen molar-refractivity contribution in [2.24, 2.45) is 0 Å². The van der Waals surface area contributed by atoms with E-state index in [9.17, 15) is 4.79 Å². The van der Waals surface area contributed by atoms with Crippen molar-refractivity contribution in [3.8, 4) is 16.9 Å². The van der Waals surface area contributed by atoms with Crippen molar-refractivity contribution < 1.29 is 9.53 Å². The normalized spacial score (nSPS) is 10.7. The topological polar surface area (TPSA) is 42.4 Å². The predicted molar refractivity (Wildman–Crippen MR) is 143 cm³/mol. The number of Topliss-reactive ketones (excluding diaryl/α,β-unsaturated/α-hetero) is 1. The first-order chi connectivity index (χ1) is 17.1. The summed E-state index contributed by atoms with van der Waals surface area (Å²) in [7, 11) is 4.12. The quantitative estimate of drug-likeness (QED) is 0.266. The molecule has 35 heavy (non-hydrogen) atoms. The van der Waals surface area contributed by atoms with E-state index in [2.05, 4.69) is 72.5 Å². The van der Waals surface area contributed by atoms with E-state index in [1.807, 2.05) is 42.6 Å². The highest BCUT2D eigenvalue weighted by molar-refractivity contribution is 5.81. The minimum Gasteiger partial charge on any atom is -0.493 e. The van der Waals surface area contributed by atoms with Gasteiger partial charge in [-0.05, 0) is 64.6 Å². The molecule has 3 aromatic carbocycles. The number of ether oxygens (including phenoxy) is 1. The maximum absolute atomic E-state index is 12.4. The highest BCUT2D eigenvalue weighted by Gasteiger charge is 2.08. The average molecular weight is 465 g/mol. The lowest BCUT2D eigenvalue weighted by Crippen LogP contribution is -2.08. The highest BCUT2D eigenvalue weighted by atomic mass is 16.5. The molecule has 0 amide bonds. The number of aryl methyl sites for hydroxylation is 1. The van der Waals surface area contributed by atoms with Gasteiger partial charge in [-0.1, -0.05) is 54.6 Å². The first-order valence-electron chi connectivity index (χ1n) is 12.1. The molecule has 0 fully saturated rings. The van der Waals surface area contributed by atoms with Crippen molar-refractivity contribution in [3.05, 3.63) is 114 Å². The third-order valence-corrected chi connectivity index (χ3v) is 6.07. The van der Waals surface area contributed by atoms with Crippen LogP contribution in [0.2, 0.25) is 0 Å². The minimum atomic E-state index is 0.234. The van der Waals surface area contributed by atoms with Crippen molar-refractivity contribution in [1.82, 2.24) is 4.98 Å². The number of carbonyl (C=O) groups is 1. The molecule has 4 nitrogen and oxygen atoms in total. The summed E-state index contributed by atoms with van der Waals surface area (Å²) in [6.45, 7) is 0.591. The number of rotatable bonds is 11. The Morgan fingerprint density at radius 2 is 1.69 bits per heavy atom. The Kier molecular flexibility index (Phi) is 8.29. The van der Waals surface area contributed by atoms with Crippen LogP contribution in [0.25, 0.3) is 11.1 Å². The van der Waals surface area contributed by atoms with Gasteiger partial charge in [0.15, 0.2) is 0 Å². The largest absolute Gasteiger partial charge is 0.493 e. The van der Waals surface area contributed by atoms with Gasteiger partial charge in [0.1, 0.15) is 11.5 Å². The van der Waals surface area contributed by atoms with E-state index in [1.165, 1.54) is 22.4 Å². The summed E-state index contributed by atoms with van der Waals surface area (Å²) in [6, 6.07) is 28.9. The summed E-state index contributed by atoms with van der Waals surface area (Å²) < 4.78 is 6.03. The number of carbonyl (C=O) groups excluding carboxylic acids is 1. The summed E-state index contributed by atoms with van der Waals surface area (Å²) >= 11 is 0. The first kappa shape index (κ1) is 24.2. The number of nitrogens with zero attached hydrogens (tertiary/aromatic N) is 2.